The maximum atomic E-state index is 12.1. The molecule has 0 atom stereocenters. The number of aryl methyl sites for hydroxylation is 2. The number of benzene rings is 1. The van der Waals surface area contributed by atoms with Crippen LogP contribution < -0.4 is 0 Å². The fraction of sp³-hybridized carbons (Fsp3) is 0.154. The summed E-state index contributed by atoms with van der Waals surface area (Å²) in [7, 11) is 0. The number of halogens is 1. The van der Waals surface area contributed by atoms with Crippen molar-refractivity contribution in [3.05, 3.63) is 57.5 Å². The van der Waals surface area contributed by atoms with Crippen LogP contribution in [0.5, 0.6) is 0 Å². The molecule has 0 spiro atoms. The van der Waals surface area contributed by atoms with E-state index in [2.05, 4.69) is 15.9 Å². The van der Waals surface area contributed by atoms with Gasteiger partial charge in [0.2, 0.25) is 5.78 Å². The lowest BCUT2D eigenvalue weighted by molar-refractivity contribution is 0.101. The molecule has 0 bridgehead atoms. The molecule has 0 saturated carbocycles. The number of hydrogen-bond acceptors (Lipinski definition) is 2. The number of carbonyl (C=O) groups excluding carboxylic acids is 1. The first-order chi connectivity index (χ1) is 7.58. The van der Waals surface area contributed by atoms with Gasteiger partial charge in [-0.05, 0) is 47.5 Å². The van der Waals surface area contributed by atoms with Crippen LogP contribution in [0.3, 0.4) is 0 Å². The summed E-state index contributed by atoms with van der Waals surface area (Å²) < 4.78 is 5.82. The van der Waals surface area contributed by atoms with Crippen LogP contribution in [0, 0.1) is 13.8 Å². The fourth-order valence-electron chi connectivity index (χ4n) is 1.64. The minimum atomic E-state index is -0.0804. The number of carbonyl (C=O) groups is 1. The van der Waals surface area contributed by atoms with Crippen LogP contribution in [0.25, 0.3) is 0 Å². The molecule has 0 aliphatic heterocycles. The van der Waals surface area contributed by atoms with Crippen molar-refractivity contribution in [2.24, 2.45) is 0 Å². The molecule has 1 heterocycles. The molecule has 3 heteroatoms. The van der Waals surface area contributed by atoms with E-state index < -0.39 is 0 Å². The molecule has 2 aromatic rings. The SMILES string of the molecule is Cc1ccc(C(=O)c2ccc(Br)o2)c(C)c1. The maximum Gasteiger partial charge on any atom is 0.228 e. The highest BCUT2D eigenvalue weighted by atomic mass is 79.9. The van der Waals surface area contributed by atoms with Crippen molar-refractivity contribution >= 4 is 21.7 Å². The minimum absolute atomic E-state index is 0.0804. The first-order valence-corrected chi connectivity index (χ1v) is 5.74. The Morgan fingerprint density at radius 3 is 2.50 bits per heavy atom. The molecule has 0 aliphatic carbocycles. The average molecular weight is 279 g/mol. The van der Waals surface area contributed by atoms with Gasteiger partial charge in [-0.3, -0.25) is 4.79 Å². The highest BCUT2D eigenvalue weighted by Crippen LogP contribution is 2.19. The van der Waals surface area contributed by atoms with Crippen molar-refractivity contribution in [2.75, 3.05) is 0 Å². The first kappa shape index (κ1) is 11.1. The fourth-order valence-corrected chi connectivity index (χ4v) is 1.94. The Morgan fingerprint density at radius 2 is 1.94 bits per heavy atom. The molecule has 0 unspecified atom stereocenters. The molecule has 82 valence electrons. The molecule has 0 radical (unpaired) electrons. The van der Waals surface area contributed by atoms with E-state index in [4.69, 9.17) is 4.42 Å². The summed E-state index contributed by atoms with van der Waals surface area (Å²) in [6.07, 6.45) is 0. The zero-order chi connectivity index (χ0) is 11.7. The van der Waals surface area contributed by atoms with Crippen LogP contribution in [0.2, 0.25) is 0 Å². The normalized spacial score (nSPS) is 10.4. The van der Waals surface area contributed by atoms with Gasteiger partial charge in [-0.25, -0.2) is 0 Å². The lowest BCUT2D eigenvalue weighted by Crippen LogP contribution is -2.02. The predicted molar refractivity (Wildman–Crippen MR) is 65.8 cm³/mol. The van der Waals surface area contributed by atoms with E-state index in [1.54, 1.807) is 12.1 Å². The maximum absolute atomic E-state index is 12.1. The van der Waals surface area contributed by atoms with Gasteiger partial charge in [0, 0.05) is 5.56 Å². The van der Waals surface area contributed by atoms with E-state index in [1.165, 1.54) is 0 Å². The second kappa shape index (κ2) is 4.26. The van der Waals surface area contributed by atoms with Crippen LogP contribution in [-0.2, 0) is 0 Å². The molecule has 1 aromatic carbocycles. The molecule has 2 rings (SSSR count). The Morgan fingerprint density at radius 1 is 1.19 bits per heavy atom. The lowest BCUT2D eigenvalue weighted by Gasteiger charge is -2.03. The summed E-state index contributed by atoms with van der Waals surface area (Å²) >= 11 is 3.18. The van der Waals surface area contributed by atoms with E-state index in [-0.39, 0.29) is 5.78 Å². The lowest BCUT2D eigenvalue weighted by atomic mass is 10.0. The standard InChI is InChI=1S/C13H11BrO2/c1-8-3-4-10(9(2)7-8)13(15)11-5-6-12(14)16-11/h3-7H,1-2H3. The average Bonchev–Trinajstić information content (AvgIpc) is 2.64. The predicted octanol–water partition coefficient (Wildman–Crippen LogP) is 3.89. The van der Waals surface area contributed by atoms with Gasteiger partial charge in [-0.15, -0.1) is 0 Å². The molecule has 0 fully saturated rings. The van der Waals surface area contributed by atoms with Crippen molar-refractivity contribution in [3.63, 3.8) is 0 Å². The molecule has 0 saturated heterocycles. The summed E-state index contributed by atoms with van der Waals surface area (Å²) in [5.41, 5.74) is 2.81. The van der Waals surface area contributed by atoms with Crippen LogP contribution in [0.4, 0.5) is 0 Å². The van der Waals surface area contributed by atoms with Gasteiger partial charge in [0.1, 0.15) is 0 Å². The van der Waals surface area contributed by atoms with Crippen LogP contribution >= 0.6 is 15.9 Å². The van der Waals surface area contributed by atoms with Crippen LogP contribution in [0.15, 0.2) is 39.4 Å². The number of furan rings is 1. The summed E-state index contributed by atoms with van der Waals surface area (Å²) in [5, 5.41) is 0. The molecule has 0 N–H and O–H groups in total. The third kappa shape index (κ3) is 2.09. The van der Waals surface area contributed by atoms with Crippen molar-refractivity contribution in [2.45, 2.75) is 13.8 Å². The molecular weight excluding hydrogens is 268 g/mol. The van der Waals surface area contributed by atoms with Crippen molar-refractivity contribution in [1.82, 2.24) is 0 Å². The molecule has 0 aliphatic rings. The highest BCUT2D eigenvalue weighted by Gasteiger charge is 2.15. The second-order valence-electron chi connectivity index (χ2n) is 3.75. The van der Waals surface area contributed by atoms with Crippen LogP contribution in [-0.4, -0.2) is 5.78 Å². The van der Waals surface area contributed by atoms with E-state index in [9.17, 15) is 4.79 Å². The zero-order valence-corrected chi connectivity index (χ0v) is 10.7. The smallest absolute Gasteiger partial charge is 0.228 e. The van der Waals surface area contributed by atoms with Crippen molar-refractivity contribution in [1.29, 1.82) is 0 Å². The minimum Gasteiger partial charge on any atom is -0.446 e. The number of ketones is 1. The van der Waals surface area contributed by atoms with Gasteiger partial charge in [0.15, 0.2) is 10.4 Å². The van der Waals surface area contributed by atoms with E-state index >= 15 is 0 Å². The molecular formula is C13H11BrO2. The third-order valence-electron chi connectivity index (χ3n) is 2.42. The number of hydrogen-bond donors (Lipinski definition) is 0. The molecule has 1 aromatic heterocycles. The monoisotopic (exact) mass is 278 g/mol. The Bertz CT molecular complexity index is 541. The van der Waals surface area contributed by atoms with Gasteiger partial charge < -0.3 is 4.42 Å². The van der Waals surface area contributed by atoms with Gasteiger partial charge in [0.25, 0.3) is 0 Å². The third-order valence-corrected chi connectivity index (χ3v) is 2.85. The quantitative estimate of drug-likeness (QED) is 0.781. The number of rotatable bonds is 2. The summed E-state index contributed by atoms with van der Waals surface area (Å²) in [5.74, 6) is 0.280. The Balaban J connectivity index is 2.41. The Hall–Kier alpha value is -1.35. The summed E-state index contributed by atoms with van der Waals surface area (Å²) in [4.78, 5) is 12.1. The van der Waals surface area contributed by atoms with Gasteiger partial charge in [0.05, 0.1) is 0 Å². The molecule has 2 nitrogen and oxygen atoms in total. The highest BCUT2D eigenvalue weighted by molar-refractivity contribution is 9.10. The zero-order valence-electron chi connectivity index (χ0n) is 9.08. The summed E-state index contributed by atoms with van der Waals surface area (Å²) in [6.45, 7) is 3.93. The van der Waals surface area contributed by atoms with Crippen molar-refractivity contribution < 1.29 is 9.21 Å². The largest absolute Gasteiger partial charge is 0.446 e. The van der Waals surface area contributed by atoms with Gasteiger partial charge >= 0.3 is 0 Å². The van der Waals surface area contributed by atoms with E-state index in [0.29, 0.717) is 16.0 Å². The van der Waals surface area contributed by atoms with E-state index in [0.717, 1.165) is 11.1 Å². The van der Waals surface area contributed by atoms with Crippen molar-refractivity contribution in [3.8, 4) is 0 Å². The van der Waals surface area contributed by atoms with Gasteiger partial charge in [-0.1, -0.05) is 23.8 Å². The van der Waals surface area contributed by atoms with Crippen LogP contribution in [0.1, 0.15) is 27.2 Å². The molecule has 16 heavy (non-hydrogen) atoms. The summed E-state index contributed by atoms with van der Waals surface area (Å²) in [6, 6.07) is 9.15. The Labute approximate surface area is 102 Å². The van der Waals surface area contributed by atoms with Gasteiger partial charge in [-0.2, -0.15) is 0 Å². The second-order valence-corrected chi connectivity index (χ2v) is 4.53. The Kier molecular flexibility index (Phi) is 2.97. The first-order valence-electron chi connectivity index (χ1n) is 4.95. The topological polar surface area (TPSA) is 30.2 Å². The molecule has 0 amide bonds. The van der Waals surface area contributed by atoms with E-state index in [1.807, 2.05) is 32.0 Å².